The van der Waals surface area contributed by atoms with Crippen molar-refractivity contribution in [2.24, 2.45) is 5.92 Å². The van der Waals surface area contributed by atoms with Gasteiger partial charge in [-0.25, -0.2) is 18.0 Å². The summed E-state index contributed by atoms with van der Waals surface area (Å²) in [5.74, 6) is -3.14. The van der Waals surface area contributed by atoms with Gasteiger partial charge in [-0.1, -0.05) is 55.3 Å². The second-order valence-corrected chi connectivity index (χ2v) is 17.0. The highest BCUT2D eigenvalue weighted by atomic mass is 32.2. The van der Waals surface area contributed by atoms with Crippen molar-refractivity contribution < 1.29 is 41.9 Å². The molecule has 13 nitrogen and oxygen atoms in total. The standard InChI is InChI=1S/C37H46N4O9S/c1-36(2,3)50-35(46)38-29-14-8-6-4-5-7-13-26-21-37(26,34(45)40-51(47,48)28-17-18-28)39-31(42)30-20-27(22-41(30)32(29)43)49-33(44)25-16-15-23-11-9-10-12-24(23)19-25/h7,9-13,15-16,19,26-30H,4-6,8,14,17-18,20-22H2,1-3H3,(H,38,46)(H,39,42)(H,40,45)/b13-7+. The van der Waals surface area contributed by atoms with Crippen molar-refractivity contribution >= 4 is 50.6 Å². The molecule has 3 fully saturated rings. The molecule has 2 heterocycles. The van der Waals surface area contributed by atoms with Gasteiger partial charge in [0.15, 0.2) is 0 Å². The predicted octanol–water partition coefficient (Wildman–Crippen LogP) is 3.86. The van der Waals surface area contributed by atoms with E-state index in [0.29, 0.717) is 31.2 Å². The third kappa shape index (κ3) is 8.54. The number of amides is 4. The Morgan fingerprint density at radius 3 is 2.45 bits per heavy atom. The molecule has 2 aromatic rings. The number of benzene rings is 2. The minimum atomic E-state index is -3.90. The Morgan fingerprint density at radius 1 is 0.980 bits per heavy atom. The molecule has 274 valence electrons. The third-order valence-electron chi connectivity index (χ3n) is 9.79. The van der Waals surface area contributed by atoms with Crippen molar-refractivity contribution in [2.45, 2.75) is 113 Å². The predicted molar refractivity (Wildman–Crippen MR) is 188 cm³/mol. The molecule has 5 atom stereocenters. The average Bonchev–Trinajstić information content (AvgIpc) is 3.99. The van der Waals surface area contributed by atoms with E-state index in [1.807, 2.05) is 42.5 Å². The monoisotopic (exact) mass is 722 g/mol. The van der Waals surface area contributed by atoms with Crippen LogP contribution in [0.15, 0.2) is 54.6 Å². The number of nitrogens with zero attached hydrogens (tertiary/aromatic N) is 1. The molecule has 1 saturated heterocycles. The van der Waals surface area contributed by atoms with Gasteiger partial charge in [0.05, 0.1) is 17.4 Å². The summed E-state index contributed by atoms with van der Waals surface area (Å²) in [5, 5.41) is 6.65. The normalized spacial score (nSPS) is 27.9. The van der Waals surface area contributed by atoms with E-state index >= 15 is 0 Å². The summed E-state index contributed by atoms with van der Waals surface area (Å²) in [6.07, 6.45) is 6.19. The van der Waals surface area contributed by atoms with Crippen molar-refractivity contribution in [3.05, 3.63) is 60.2 Å². The zero-order valence-corrected chi connectivity index (χ0v) is 30.0. The van der Waals surface area contributed by atoms with E-state index in [0.717, 1.165) is 23.6 Å². The first-order valence-corrected chi connectivity index (χ1v) is 19.2. The fourth-order valence-electron chi connectivity index (χ4n) is 6.83. The number of sulfonamides is 1. The van der Waals surface area contributed by atoms with E-state index in [4.69, 9.17) is 9.47 Å². The SMILES string of the molecule is CC(C)(C)OC(=O)NC1CCCCC/C=C/C2CC2(C(=O)NS(=O)(=O)C2CC2)NC(=O)C2CC(OC(=O)c3ccc4ccccc4c3)CN2C1=O. The van der Waals surface area contributed by atoms with Crippen molar-refractivity contribution in [2.75, 3.05) is 6.54 Å². The number of alkyl carbamates (subject to hydrolysis) is 1. The highest BCUT2D eigenvalue weighted by Crippen LogP contribution is 2.46. The second kappa shape index (κ2) is 14.3. The smallest absolute Gasteiger partial charge is 0.408 e. The number of nitrogens with one attached hydrogen (secondary N) is 3. The molecular formula is C37H46N4O9S. The first-order valence-electron chi connectivity index (χ1n) is 17.7. The third-order valence-corrected chi connectivity index (χ3v) is 11.6. The molecule has 0 aromatic heterocycles. The fraction of sp³-hybridized carbons (Fsp3) is 0.541. The van der Waals surface area contributed by atoms with Gasteiger partial charge in [0.1, 0.15) is 29.3 Å². The molecule has 2 saturated carbocycles. The van der Waals surface area contributed by atoms with E-state index in [-0.39, 0.29) is 25.8 Å². The quantitative estimate of drug-likeness (QED) is 0.295. The molecule has 0 spiro atoms. The molecule has 3 N–H and O–H groups in total. The van der Waals surface area contributed by atoms with Crippen molar-refractivity contribution in [3.8, 4) is 0 Å². The van der Waals surface area contributed by atoms with Crippen LogP contribution in [0.2, 0.25) is 0 Å². The summed E-state index contributed by atoms with van der Waals surface area (Å²) in [4.78, 5) is 69.6. The first-order chi connectivity index (χ1) is 24.1. The van der Waals surface area contributed by atoms with Crippen LogP contribution in [0.25, 0.3) is 10.8 Å². The molecule has 0 radical (unpaired) electrons. The molecule has 6 rings (SSSR count). The van der Waals surface area contributed by atoms with Gasteiger partial charge >= 0.3 is 12.1 Å². The van der Waals surface area contributed by atoms with Crippen molar-refractivity contribution in [1.82, 2.24) is 20.3 Å². The summed E-state index contributed by atoms with van der Waals surface area (Å²) in [6, 6.07) is 10.5. The van der Waals surface area contributed by atoms with Gasteiger partial charge in [0, 0.05) is 12.3 Å². The van der Waals surface area contributed by atoms with Crippen LogP contribution < -0.4 is 15.4 Å². The summed E-state index contributed by atoms with van der Waals surface area (Å²) in [6.45, 7) is 4.99. The highest BCUT2D eigenvalue weighted by Gasteiger charge is 2.62. The number of allylic oxidation sites excluding steroid dienone is 1. The van der Waals surface area contributed by atoms with Crippen LogP contribution in [0.3, 0.4) is 0 Å². The van der Waals surface area contributed by atoms with Crippen LogP contribution >= 0.6 is 0 Å². The van der Waals surface area contributed by atoms with Gasteiger partial charge in [-0.3, -0.25) is 19.1 Å². The Hall–Kier alpha value is -4.46. The molecule has 4 aliphatic rings. The van der Waals surface area contributed by atoms with E-state index in [2.05, 4.69) is 15.4 Å². The molecule has 51 heavy (non-hydrogen) atoms. The molecule has 2 aromatic carbocycles. The van der Waals surface area contributed by atoms with Gasteiger partial charge in [-0.05, 0) is 82.2 Å². The van der Waals surface area contributed by atoms with Crippen molar-refractivity contribution in [3.63, 3.8) is 0 Å². The number of ether oxygens (including phenoxy) is 2. The maximum absolute atomic E-state index is 14.3. The van der Waals surface area contributed by atoms with Gasteiger partial charge in [-0.15, -0.1) is 0 Å². The Morgan fingerprint density at radius 2 is 1.73 bits per heavy atom. The molecule has 5 unspecified atom stereocenters. The Balaban J connectivity index is 1.27. The number of rotatable bonds is 6. The van der Waals surface area contributed by atoms with Crippen LogP contribution in [0.5, 0.6) is 0 Å². The fourth-order valence-corrected chi connectivity index (χ4v) is 8.20. The second-order valence-electron chi connectivity index (χ2n) is 15.0. The number of carbonyl (C=O) groups is 5. The van der Waals surface area contributed by atoms with Gasteiger partial charge in [0.25, 0.3) is 5.91 Å². The topological polar surface area (TPSA) is 177 Å². The molecule has 0 bridgehead atoms. The lowest BCUT2D eigenvalue weighted by Gasteiger charge is -2.30. The summed E-state index contributed by atoms with van der Waals surface area (Å²) in [7, 11) is -3.90. The maximum atomic E-state index is 14.3. The van der Waals surface area contributed by atoms with E-state index in [1.165, 1.54) is 4.90 Å². The minimum absolute atomic E-state index is 0.0748. The molecule has 2 aliphatic heterocycles. The Labute approximate surface area is 297 Å². The van der Waals surface area contributed by atoms with Crippen LogP contribution in [-0.2, 0) is 33.9 Å². The lowest BCUT2D eigenvalue weighted by molar-refractivity contribution is -0.141. The molecule has 4 amide bonds. The maximum Gasteiger partial charge on any atom is 0.408 e. The van der Waals surface area contributed by atoms with Crippen LogP contribution in [-0.4, -0.2) is 84.2 Å². The number of hydrogen-bond acceptors (Lipinski definition) is 9. The van der Waals surface area contributed by atoms with Crippen LogP contribution in [0.1, 0.15) is 88.9 Å². The largest absolute Gasteiger partial charge is 0.457 e. The zero-order valence-electron chi connectivity index (χ0n) is 29.2. The van der Waals surface area contributed by atoms with Gasteiger partial charge in [-0.2, -0.15) is 0 Å². The number of esters is 1. The van der Waals surface area contributed by atoms with Crippen molar-refractivity contribution in [1.29, 1.82) is 0 Å². The zero-order chi connectivity index (χ0) is 36.6. The number of hydrogen-bond donors (Lipinski definition) is 3. The molecule has 2 aliphatic carbocycles. The lowest BCUT2D eigenvalue weighted by atomic mass is 10.0. The van der Waals surface area contributed by atoms with Gasteiger partial charge < -0.3 is 25.0 Å². The summed E-state index contributed by atoms with van der Waals surface area (Å²) in [5.41, 5.74) is -2.04. The first kappa shape index (κ1) is 36.3. The summed E-state index contributed by atoms with van der Waals surface area (Å²) >= 11 is 0. The minimum Gasteiger partial charge on any atom is -0.457 e. The van der Waals surface area contributed by atoms with Gasteiger partial charge in [0.2, 0.25) is 21.8 Å². The van der Waals surface area contributed by atoms with Crippen LogP contribution in [0.4, 0.5) is 4.79 Å². The summed E-state index contributed by atoms with van der Waals surface area (Å²) < 4.78 is 39.0. The molecule has 14 heteroatoms. The Kier molecular flexibility index (Phi) is 10.2. The van der Waals surface area contributed by atoms with E-state index in [1.54, 1.807) is 32.9 Å². The lowest BCUT2D eigenvalue weighted by Crippen LogP contribution is -2.58. The highest BCUT2D eigenvalue weighted by molar-refractivity contribution is 7.91. The Bertz CT molecular complexity index is 1850. The number of fused-ring (bicyclic) bond motifs is 3. The van der Waals surface area contributed by atoms with E-state index < -0.39 is 80.3 Å². The average molecular weight is 723 g/mol. The molecular weight excluding hydrogens is 676 g/mol. The number of carbonyl (C=O) groups excluding carboxylic acids is 5. The van der Waals surface area contributed by atoms with E-state index in [9.17, 15) is 32.4 Å². The van der Waals surface area contributed by atoms with Crippen LogP contribution in [0, 0.1) is 5.92 Å².